The van der Waals surface area contributed by atoms with Gasteiger partial charge in [-0.15, -0.1) is 0 Å². The van der Waals surface area contributed by atoms with Gasteiger partial charge in [0.25, 0.3) is 0 Å². The number of carbonyl (C=O) groups excluding carboxylic acids is 1. The zero-order valence-corrected chi connectivity index (χ0v) is 23.5. The molecule has 1 aliphatic carbocycles. The number of carboxylic acid groups (broad SMARTS) is 1. The zero-order chi connectivity index (χ0) is 28.4. The summed E-state index contributed by atoms with van der Waals surface area (Å²) in [6.07, 6.45) is 2.76. The van der Waals surface area contributed by atoms with Gasteiger partial charge in [0.05, 0.1) is 22.1 Å². The highest BCUT2D eigenvalue weighted by molar-refractivity contribution is 6.31. The molecule has 8 rings (SSSR count). The summed E-state index contributed by atoms with van der Waals surface area (Å²) in [7, 11) is 0. The van der Waals surface area contributed by atoms with E-state index < -0.39 is 29.3 Å². The van der Waals surface area contributed by atoms with Crippen molar-refractivity contribution in [1.82, 2.24) is 14.7 Å². The number of hydrogen-bond donors (Lipinski definition) is 2. The van der Waals surface area contributed by atoms with E-state index in [1.165, 1.54) is 6.07 Å². The van der Waals surface area contributed by atoms with Gasteiger partial charge >= 0.3 is 5.97 Å². The molecular weight excluding hydrogens is 566 g/mol. The van der Waals surface area contributed by atoms with Gasteiger partial charge < -0.3 is 10.4 Å². The molecule has 2 fully saturated rings. The molecule has 1 saturated carbocycles. The van der Waals surface area contributed by atoms with Crippen LogP contribution >= 0.6 is 23.2 Å². The molecule has 1 spiro atoms. The average Bonchev–Trinajstić information content (AvgIpc) is 3.39. The third kappa shape index (κ3) is 3.32. The fourth-order valence-corrected chi connectivity index (χ4v) is 8.09. The molecular formula is C31H25Cl2FN4O3. The lowest BCUT2D eigenvalue weighted by Gasteiger charge is -2.40. The third-order valence-electron chi connectivity index (χ3n) is 9.56. The summed E-state index contributed by atoms with van der Waals surface area (Å²) in [6, 6.07) is 13.3. The second kappa shape index (κ2) is 8.53. The first kappa shape index (κ1) is 25.3. The molecule has 1 amide bonds. The number of carboxylic acids is 1. The second-order valence-electron chi connectivity index (χ2n) is 11.8. The molecule has 1 saturated heterocycles. The largest absolute Gasteiger partial charge is 0.478 e. The van der Waals surface area contributed by atoms with Gasteiger partial charge in [-0.05, 0) is 67.1 Å². The van der Waals surface area contributed by atoms with E-state index in [9.17, 15) is 14.7 Å². The number of rotatable bonds is 4. The molecule has 208 valence electrons. The number of fused-ring (bicyclic) bond motifs is 7. The Labute approximate surface area is 244 Å². The summed E-state index contributed by atoms with van der Waals surface area (Å²) in [4.78, 5) is 28.6. The maximum absolute atomic E-state index is 16.1. The highest BCUT2D eigenvalue weighted by Gasteiger charge is 2.69. The monoisotopic (exact) mass is 590 g/mol. The Bertz CT molecular complexity index is 1840. The lowest BCUT2D eigenvalue weighted by Crippen LogP contribution is -2.53. The van der Waals surface area contributed by atoms with Crippen LogP contribution in [0.2, 0.25) is 10.0 Å². The molecule has 3 aromatic carbocycles. The van der Waals surface area contributed by atoms with Crippen molar-refractivity contribution in [3.63, 3.8) is 0 Å². The minimum absolute atomic E-state index is 0.00449. The standard InChI is InChI=1S/C31H25Cl2FN4O3/c1-14-9-19-22(11-18(14)29(39)40)36-38-24(19)12-25-28(38)26(17-3-2-4-21(33)27(17)34)31(37(25)13-15-5-6-15)20-8-7-16(32)10-23(20)35-30(31)41/h2-4,7-11,15,25-26,28H,5-6,12-13H2,1H3,(H,35,41)(H,39,40)/t25-,26-,28?,31+/m0/s1. The van der Waals surface area contributed by atoms with Crippen LogP contribution in [0, 0.1) is 18.7 Å². The predicted octanol–water partition coefficient (Wildman–Crippen LogP) is 6.31. The molecule has 3 aliphatic heterocycles. The Balaban J connectivity index is 1.42. The number of aryl methyl sites for hydroxylation is 1. The van der Waals surface area contributed by atoms with Crippen LogP contribution in [0.25, 0.3) is 10.9 Å². The summed E-state index contributed by atoms with van der Waals surface area (Å²) in [5, 5.41) is 19.1. The van der Waals surface area contributed by atoms with Gasteiger partial charge in [0.2, 0.25) is 5.91 Å². The summed E-state index contributed by atoms with van der Waals surface area (Å²) in [5.74, 6) is -1.98. The molecule has 4 heterocycles. The van der Waals surface area contributed by atoms with Crippen LogP contribution in [0.15, 0.2) is 48.5 Å². The normalized spacial score (nSPS) is 26.4. The number of aromatic nitrogens is 2. The topological polar surface area (TPSA) is 87.5 Å². The van der Waals surface area contributed by atoms with Crippen molar-refractivity contribution in [2.24, 2.45) is 5.92 Å². The van der Waals surface area contributed by atoms with Crippen molar-refractivity contribution in [2.75, 3.05) is 11.9 Å². The minimum atomic E-state index is -1.21. The van der Waals surface area contributed by atoms with Crippen LogP contribution < -0.4 is 5.32 Å². The Morgan fingerprint density at radius 2 is 2.00 bits per heavy atom. The summed E-state index contributed by atoms with van der Waals surface area (Å²) in [6.45, 7) is 2.48. The average molecular weight is 591 g/mol. The Morgan fingerprint density at radius 1 is 1.20 bits per heavy atom. The van der Waals surface area contributed by atoms with E-state index in [-0.39, 0.29) is 22.5 Å². The molecule has 4 aliphatic rings. The second-order valence-corrected chi connectivity index (χ2v) is 12.6. The molecule has 2 N–H and O–H groups in total. The number of aromatic carboxylic acids is 1. The lowest BCUT2D eigenvalue weighted by atomic mass is 9.73. The lowest BCUT2D eigenvalue weighted by molar-refractivity contribution is -0.128. The Kier molecular flexibility index (Phi) is 5.26. The summed E-state index contributed by atoms with van der Waals surface area (Å²) in [5.41, 5.74) is 2.94. The van der Waals surface area contributed by atoms with Crippen LogP contribution in [0.3, 0.4) is 0 Å². The molecule has 10 heteroatoms. The molecule has 1 aromatic heterocycles. The van der Waals surface area contributed by atoms with Gasteiger partial charge in [-0.25, -0.2) is 9.18 Å². The van der Waals surface area contributed by atoms with Crippen molar-refractivity contribution in [3.8, 4) is 0 Å². The molecule has 4 aromatic rings. The molecule has 41 heavy (non-hydrogen) atoms. The first-order chi connectivity index (χ1) is 19.7. The zero-order valence-electron chi connectivity index (χ0n) is 22.0. The number of anilines is 1. The fraction of sp³-hybridized carbons (Fsp3) is 0.323. The van der Waals surface area contributed by atoms with Crippen molar-refractivity contribution in [3.05, 3.63) is 92.3 Å². The number of halogens is 3. The summed E-state index contributed by atoms with van der Waals surface area (Å²) >= 11 is 12.7. The van der Waals surface area contributed by atoms with Crippen molar-refractivity contribution in [1.29, 1.82) is 0 Å². The number of carbonyl (C=O) groups is 2. The number of nitrogens with one attached hydrogen (secondary N) is 1. The maximum atomic E-state index is 16.1. The molecule has 1 unspecified atom stereocenters. The Hall–Kier alpha value is -3.46. The Morgan fingerprint density at radius 3 is 2.76 bits per heavy atom. The van der Waals surface area contributed by atoms with E-state index in [1.807, 2.05) is 16.8 Å². The molecule has 0 bridgehead atoms. The van der Waals surface area contributed by atoms with Crippen LogP contribution in [0.4, 0.5) is 10.1 Å². The highest BCUT2D eigenvalue weighted by atomic mass is 35.5. The number of hydrogen-bond acceptors (Lipinski definition) is 4. The van der Waals surface area contributed by atoms with Gasteiger partial charge in [0.1, 0.15) is 11.4 Å². The molecule has 0 radical (unpaired) electrons. The van der Waals surface area contributed by atoms with E-state index in [2.05, 4.69) is 10.2 Å². The van der Waals surface area contributed by atoms with Gasteiger partial charge in [-0.3, -0.25) is 14.4 Å². The smallest absolute Gasteiger partial charge is 0.336 e. The molecule has 4 atom stereocenters. The predicted molar refractivity (Wildman–Crippen MR) is 153 cm³/mol. The van der Waals surface area contributed by atoms with E-state index in [0.717, 1.165) is 29.5 Å². The number of likely N-dealkylation sites (tertiary alicyclic amines) is 1. The van der Waals surface area contributed by atoms with Gasteiger partial charge in [-0.2, -0.15) is 5.10 Å². The van der Waals surface area contributed by atoms with Crippen LogP contribution in [0.5, 0.6) is 0 Å². The van der Waals surface area contributed by atoms with Crippen LogP contribution in [-0.2, 0) is 16.8 Å². The van der Waals surface area contributed by atoms with Crippen LogP contribution in [0.1, 0.15) is 57.5 Å². The van der Waals surface area contributed by atoms with Gasteiger partial charge in [0.15, 0.2) is 0 Å². The van der Waals surface area contributed by atoms with Gasteiger partial charge in [-0.1, -0.05) is 41.4 Å². The van der Waals surface area contributed by atoms with Crippen molar-refractivity contribution >= 4 is 51.7 Å². The third-order valence-corrected chi connectivity index (χ3v) is 10.1. The minimum Gasteiger partial charge on any atom is -0.478 e. The van der Waals surface area contributed by atoms with Crippen molar-refractivity contribution in [2.45, 2.75) is 49.7 Å². The number of nitrogens with zero attached hydrogens (tertiary/aromatic N) is 3. The van der Waals surface area contributed by atoms with E-state index in [1.54, 1.807) is 37.3 Å². The first-order valence-corrected chi connectivity index (χ1v) is 14.5. The van der Waals surface area contributed by atoms with E-state index in [4.69, 9.17) is 28.3 Å². The number of benzene rings is 3. The first-order valence-electron chi connectivity index (χ1n) is 13.8. The van der Waals surface area contributed by atoms with E-state index in [0.29, 0.717) is 46.2 Å². The maximum Gasteiger partial charge on any atom is 0.336 e. The summed E-state index contributed by atoms with van der Waals surface area (Å²) < 4.78 is 18.0. The quantitative estimate of drug-likeness (QED) is 0.291. The van der Waals surface area contributed by atoms with E-state index >= 15 is 4.39 Å². The SMILES string of the molecule is Cc1cc2c3n(nc2cc1C(=O)O)C1[C@H](C3)N(CC2CC2)[C@@]2(C(=O)Nc3cc(Cl)ccc32)[C@H]1c1cccc(Cl)c1F. The highest BCUT2D eigenvalue weighted by Crippen LogP contribution is 2.64. The molecule has 7 nitrogen and oxygen atoms in total. The van der Waals surface area contributed by atoms with Crippen LogP contribution in [-0.4, -0.2) is 44.3 Å². The van der Waals surface area contributed by atoms with Crippen molar-refractivity contribution < 1.29 is 19.1 Å². The number of amides is 1. The van der Waals surface area contributed by atoms with Gasteiger partial charge in [0, 0.05) is 52.3 Å². The fourth-order valence-electron chi connectivity index (χ4n) is 7.73.